The molecule has 1 saturated heterocycles. The van der Waals surface area contributed by atoms with Crippen LogP contribution in [-0.4, -0.2) is 40.3 Å². The number of hydrogen-bond donors (Lipinski definition) is 1. The van der Waals surface area contributed by atoms with E-state index >= 15 is 8.78 Å². The van der Waals surface area contributed by atoms with Gasteiger partial charge in [0.1, 0.15) is 28.6 Å². The van der Waals surface area contributed by atoms with E-state index in [-0.39, 0.29) is 24.2 Å². The Morgan fingerprint density at radius 2 is 1.94 bits per heavy atom. The summed E-state index contributed by atoms with van der Waals surface area (Å²) in [7, 11) is 0. The lowest BCUT2D eigenvalue weighted by molar-refractivity contribution is -0.149. The van der Waals surface area contributed by atoms with Crippen LogP contribution < -0.4 is 10.2 Å². The van der Waals surface area contributed by atoms with Crippen molar-refractivity contribution in [2.75, 3.05) is 11.4 Å². The van der Waals surface area contributed by atoms with Crippen molar-refractivity contribution in [3.63, 3.8) is 0 Å². The Hall–Kier alpha value is -3.04. The van der Waals surface area contributed by atoms with E-state index in [1.807, 2.05) is 0 Å². The molecule has 1 saturated carbocycles. The Labute approximate surface area is 175 Å². The second-order valence-electron chi connectivity index (χ2n) is 8.06. The first kappa shape index (κ1) is 21.2. The van der Waals surface area contributed by atoms with E-state index in [0.29, 0.717) is 24.7 Å². The fourth-order valence-corrected chi connectivity index (χ4v) is 4.51. The molecule has 10 heteroatoms. The van der Waals surface area contributed by atoms with Crippen molar-refractivity contribution in [2.24, 2.45) is 5.41 Å². The predicted molar refractivity (Wildman–Crippen MR) is 103 cm³/mol. The van der Waals surface area contributed by atoms with Gasteiger partial charge in [0.2, 0.25) is 5.91 Å². The normalized spacial score (nSPS) is 25.1. The standard InChI is InChI=1S/C21H20F4N4O2/c1-12-26-6-4-17(27-12)18(30)28-15-3-2-5-20(10-15)19(31)29(11-21(20,24)25)16-8-13(22)7-14(23)9-16/h4,6-9,15H,2-3,5,10-11H2,1H3,(H,28,30). The van der Waals surface area contributed by atoms with Crippen LogP contribution in [0.1, 0.15) is 42.0 Å². The molecule has 31 heavy (non-hydrogen) atoms. The summed E-state index contributed by atoms with van der Waals surface area (Å²) in [6, 6.07) is 3.07. The number of aryl methyl sites for hydroxylation is 1. The molecule has 0 radical (unpaired) electrons. The van der Waals surface area contributed by atoms with Crippen molar-refractivity contribution in [3.05, 3.63) is 53.6 Å². The summed E-state index contributed by atoms with van der Waals surface area (Å²) in [5, 5.41) is 2.69. The Morgan fingerprint density at radius 1 is 1.23 bits per heavy atom. The number of aromatic nitrogens is 2. The highest BCUT2D eigenvalue weighted by atomic mass is 19.3. The van der Waals surface area contributed by atoms with Gasteiger partial charge in [0.25, 0.3) is 11.8 Å². The smallest absolute Gasteiger partial charge is 0.280 e. The van der Waals surface area contributed by atoms with Crippen LogP contribution in [0.2, 0.25) is 0 Å². The van der Waals surface area contributed by atoms with Gasteiger partial charge in [0.05, 0.1) is 6.54 Å². The summed E-state index contributed by atoms with van der Waals surface area (Å²) in [4.78, 5) is 34.3. The zero-order chi connectivity index (χ0) is 22.4. The highest BCUT2D eigenvalue weighted by Gasteiger charge is 2.67. The van der Waals surface area contributed by atoms with Gasteiger partial charge in [-0.15, -0.1) is 0 Å². The first-order chi connectivity index (χ1) is 14.6. The summed E-state index contributed by atoms with van der Waals surface area (Å²) in [6.45, 7) is 0.647. The van der Waals surface area contributed by atoms with Gasteiger partial charge in [-0.3, -0.25) is 9.59 Å². The second-order valence-corrected chi connectivity index (χ2v) is 8.06. The maximum atomic E-state index is 15.2. The van der Waals surface area contributed by atoms with Crippen LogP contribution in [0.4, 0.5) is 23.2 Å². The van der Waals surface area contributed by atoms with Crippen LogP contribution in [0.15, 0.2) is 30.5 Å². The molecule has 1 aromatic heterocycles. The van der Waals surface area contributed by atoms with E-state index < -0.39 is 47.4 Å². The number of alkyl halides is 2. The van der Waals surface area contributed by atoms with Gasteiger partial charge in [0.15, 0.2) is 0 Å². The molecule has 2 aliphatic rings. The monoisotopic (exact) mass is 436 g/mol. The van der Waals surface area contributed by atoms with Gasteiger partial charge < -0.3 is 10.2 Å². The fourth-order valence-electron chi connectivity index (χ4n) is 4.51. The maximum Gasteiger partial charge on any atom is 0.280 e. The molecule has 2 heterocycles. The molecular formula is C21H20F4N4O2. The third-order valence-electron chi connectivity index (χ3n) is 5.97. The first-order valence-electron chi connectivity index (χ1n) is 9.88. The Bertz CT molecular complexity index is 1030. The van der Waals surface area contributed by atoms with E-state index in [4.69, 9.17) is 0 Å². The lowest BCUT2D eigenvalue weighted by Gasteiger charge is -2.39. The Kier molecular flexibility index (Phi) is 5.18. The molecular weight excluding hydrogens is 416 g/mol. The van der Waals surface area contributed by atoms with Crippen LogP contribution in [0, 0.1) is 24.0 Å². The fraction of sp³-hybridized carbons (Fsp3) is 0.429. The number of nitrogens with zero attached hydrogens (tertiary/aromatic N) is 3. The molecule has 2 amide bonds. The number of hydrogen-bond acceptors (Lipinski definition) is 4. The lowest BCUT2D eigenvalue weighted by Crippen LogP contribution is -2.51. The topological polar surface area (TPSA) is 75.2 Å². The minimum atomic E-state index is -3.43. The van der Waals surface area contributed by atoms with Crippen molar-refractivity contribution >= 4 is 17.5 Å². The van der Waals surface area contributed by atoms with E-state index in [1.54, 1.807) is 6.92 Å². The van der Waals surface area contributed by atoms with Gasteiger partial charge in [-0.05, 0) is 44.4 Å². The SMILES string of the molecule is Cc1nccc(C(=O)NC2CCCC3(C2)C(=O)N(c2cc(F)cc(F)c2)CC3(F)F)n1. The molecule has 1 aliphatic carbocycles. The second kappa shape index (κ2) is 7.58. The number of nitrogens with one attached hydrogen (secondary N) is 1. The molecule has 1 spiro atoms. The van der Waals surface area contributed by atoms with Gasteiger partial charge in [0, 0.05) is 24.0 Å². The van der Waals surface area contributed by atoms with E-state index in [1.165, 1.54) is 12.3 Å². The van der Waals surface area contributed by atoms with Crippen LogP contribution in [0.3, 0.4) is 0 Å². The van der Waals surface area contributed by atoms with Crippen LogP contribution >= 0.6 is 0 Å². The highest BCUT2D eigenvalue weighted by molar-refractivity contribution is 6.01. The van der Waals surface area contributed by atoms with Crippen molar-refractivity contribution in [2.45, 2.75) is 44.6 Å². The highest BCUT2D eigenvalue weighted by Crippen LogP contribution is 2.54. The number of carbonyl (C=O) groups excluding carboxylic acids is 2. The molecule has 164 valence electrons. The first-order valence-corrected chi connectivity index (χ1v) is 9.88. The quantitative estimate of drug-likeness (QED) is 0.749. The lowest BCUT2D eigenvalue weighted by atomic mass is 9.69. The number of amides is 2. The summed E-state index contributed by atoms with van der Waals surface area (Å²) in [6.07, 6.45) is 1.79. The van der Waals surface area contributed by atoms with E-state index in [9.17, 15) is 18.4 Å². The molecule has 2 unspecified atom stereocenters. The van der Waals surface area contributed by atoms with Gasteiger partial charge in [-0.2, -0.15) is 0 Å². The van der Waals surface area contributed by atoms with Crippen LogP contribution in [0.25, 0.3) is 0 Å². The van der Waals surface area contributed by atoms with E-state index in [2.05, 4.69) is 15.3 Å². The Balaban J connectivity index is 1.58. The van der Waals surface area contributed by atoms with Crippen molar-refractivity contribution < 1.29 is 27.2 Å². The predicted octanol–water partition coefficient (Wildman–Crippen LogP) is 3.40. The van der Waals surface area contributed by atoms with Crippen molar-refractivity contribution in [3.8, 4) is 0 Å². The summed E-state index contributed by atoms with van der Waals surface area (Å²) < 4.78 is 57.6. The van der Waals surface area contributed by atoms with E-state index in [0.717, 1.165) is 17.0 Å². The number of rotatable bonds is 3. The molecule has 1 aromatic carbocycles. The number of anilines is 1. The maximum absolute atomic E-state index is 15.2. The number of halogens is 4. The molecule has 2 atom stereocenters. The van der Waals surface area contributed by atoms with Gasteiger partial charge in [-0.1, -0.05) is 6.42 Å². The number of carbonyl (C=O) groups is 2. The molecule has 1 N–H and O–H groups in total. The summed E-state index contributed by atoms with van der Waals surface area (Å²) in [5.74, 6) is -6.38. The van der Waals surface area contributed by atoms with Gasteiger partial charge in [-0.25, -0.2) is 27.5 Å². The molecule has 2 aromatic rings. The summed E-state index contributed by atoms with van der Waals surface area (Å²) in [5.41, 5.74) is -2.19. The zero-order valence-corrected chi connectivity index (χ0v) is 16.7. The minimum absolute atomic E-state index is 0.0773. The van der Waals surface area contributed by atoms with Crippen LogP contribution in [-0.2, 0) is 4.79 Å². The third kappa shape index (κ3) is 3.75. The molecule has 4 rings (SSSR count). The zero-order valence-electron chi connectivity index (χ0n) is 16.7. The Morgan fingerprint density at radius 3 is 2.61 bits per heavy atom. The van der Waals surface area contributed by atoms with Gasteiger partial charge >= 0.3 is 0 Å². The number of benzene rings is 1. The largest absolute Gasteiger partial charge is 0.348 e. The van der Waals surface area contributed by atoms with Crippen LogP contribution in [0.5, 0.6) is 0 Å². The summed E-state index contributed by atoms with van der Waals surface area (Å²) >= 11 is 0. The molecule has 0 bridgehead atoms. The average Bonchev–Trinajstić information content (AvgIpc) is 2.88. The van der Waals surface area contributed by atoms with Crippen molar-refractivity contribution in [1.29, 1.82) is 0 Å². The third-order valence-corrected chi connectivity index (χ3v) is 5.97. The molecule has 6 nitrogen and oxygen atoms in total. The molecule has 1 aliphatic heterocycles. The molecule has 2 fully saturated rings. The van der Waals surface area contributed by atoms with Crippen molar-refractivity contribution in [1.82, 2.24) is 15.3 Å². The minimum Gasteiger partial charge on any atom is -0.348 e. The average molecular weight is 436 g/mol.